The second-order valence-corrected chi connectivity index (χ2v) is 6.97. The van der Waals surface area contributed by atoms with Gasteiger partial charge in [-0.25, -0.2) is 9.97 Å². The lowest BCUT2D eigenvalue weighted by Crippen LogP contribution is -2.48. The van der Waals surface area contributed by atoms with Gasteiger partial charge in [0, 0.05) is 26.2 Å². The smallest absolute Gasteiger partial charge is 0.227 e. The zero-order chi connectivity index (χ0) is 15.6. The summed E-state index contributed by atoms with van der Waals surface area (Å²) in [5.74, 6) is 1.31. The van der Waals surface area contributed by atoms with Crippen molar-refractivity contribution < 1.29 is 9.53 Å². The van der Waals surface area contributed by atoms with E-state index in [2.05, 4.69) is 14.9 Å². The van der Waals surface area contributed by atoms with E-state index in [0.29, 0.717) is 13.2 Å². The van der Waals surface area contributed by atoms with Crippen LogP contribution in [0.15, 0.2) is 17.8 Å². The highest BCUT2D eigenvalue weighted by Gasteiger charge is 2.31. The highest BCUT2D eigenvalue weighted by molar-refractivity contribution is 7.17. The Hall–Kier alpha value is -1.73. The zero-order valence-electron chi connectivity index (χ0n) is 13.0. The molecule has 0 aliphatic carbocycles. The van der Waals surface area contributed by atoms with E-state index in [4.69, 9.17) is 4.74 Å². The van der Waals surface area contributed by atoms with E-state index < -0.39 is 0 Å². The minimum atomic E-state index is 0.0619. The van der Waals surface area contributed by atoms with Gasteiger partial charge in [0.2, 0.25) is 5.91 Å². The predicted octanol–water partition coefficient (Wildman–Crippen LogP) is 1.77. The van der Waals surface area contributed by atoms with Crippen LogP contribution in [0.25, 0.3) is 10.2 Å². The molecule has 0 aromatic carbocycles. The fourth-order valence-electron chi connectivity index (χ4n) is 3.41. The summed E-state index contributed by atoms with van der Waals surface area (Å²) in [7, 11) is 0. The number of hydrogen-bond acceptors (Lipinski definition) is 6. The van der Waals surface area contributed by atoms with Crippen LogP contribution in [0.4, 0.5) is 5.82 Å². The molecule has 7 heteroatoms. The van der Waals surface area contributed by atoms with Gasteiger partial charge in [0.25, 0.3) is 0 Å². The molecule has 2 aliphatic rings. The average molecular weight is 332 g/mol. The number of rotatable bonds is 2. The Morgan fingerprint density at radius 2 is 2.13 bits per heavy atom. The molecule has 0 N–H and O–H groups in total. The van der Waals surface area contributed by atoms with Gasteiger partial charge in [0.15, 0.2) is 0 Å². The normalized spacial score (nSPS) is 22.5. The number of aromatic nitrogens is 2. The summed E-state index contributed by atoms with van der Waals surface area (Å²) < 4.78 is 6.46. The molecule has 23 heavy (non-hydrogen) atoms. The Morgan fingerprint density at radius 3 is 3.00 bits per heavy atom. The molecular weight excluding hydrogens is 312 g/mol. The zero-order valence-corrected chi connectivity index (χ0v) is 13.8. The van der Waals surface area contributed by atoms with Crippen LogP contribution in [-0.4, -0.2) is 60.2 Å². The number of carbonyl (C=O) groups excluding carboxylic acids is 1. The molecule has 2 aromatic heterocycles. The molecule has 0 bridgehead atoms. The highest BCUT2D eigenvalue weighted by Crippen LogP contribution is 2.31. The Labute approximate surface area is 139 Å². The molecule has 122 valence electrons. The molecule has 0 saturated carbocycles. The molecule has 4 rings (SSSR count). The third-order valence-electron chi connectivity index (χ3n) is 4.62. The van der Waals surface area contributed by atoms with Gasteiger partial charge < -0.3 is 14.5 Å². The minimum absolute atomic E-state index is 0.0619. The van der Waals surface area contributed by atoms with Crippen molar-refractivity contribution in [2.75, 3.05) is 44.3 Å². The first-order valence-corrected chi connectivity index (χ1v) is 9.00. The largest absolute Gasteiger partial charge is 0.378 e. The van der Waals surface area contributed by atoms with Crippen molar-refractivity contribution in [2.45, 2.75) is 12.8 Å². The third kappa shape index (κ3) is 2.90. The summed E-state index contributed by atoms with van der Waals surface area (Å²) in [4.78, 5) is 25.8. The van der Waals surface area contributed by atoms with Crippen molar-refractivity contribution >= 4 is 33.3 Å². The van der Waals surface area contributed by atoms with Gasteiger partial charge in [0.05, 0.1) is 29.3 Å². The molecule has 0 spiro atoms. The van der Waals surface area contributed by atoms with Crippen LogP contribution >= 0.6 is 11.3 Å². The number of nitrogens with zero attached hydrogens (tertiary/aromatic N) is 4. The average Bonchev–Trinajstić information content (AvgIpc) is 3.10. The van der Waals surface area contributed by atoms with E-state index in [1.165, 1.54) is 0 Å². The van der Waals surface area contributed by atoms with Crippen LogP contribution in [-0.2, 0) is 9.53 Å². The van der Waals surface area contributed by atoms with E-state index in [9.17, 15) is 4.79 Å². The lowest BCUT2D eigenvalue weighted by atomic mass is 9.96. The minimum Gasteiger partial charge on any atom is -0.378 e. The summed E-state index contributed by atoms with van der Waals surface area (Å²) in [5.41, 5.74) is 0.988. The molecule has 2 aromatic rings. The van der Waals surface area contributed by atoms with Crippen molar-refractivity contribution in [1.29, 1.82) is 0 Å². The lowest BCUT2D eigenvalue weighted by Gasteiger charge is -2.36. The maximum atomic E-state index is 12.8. The molecule has 1 atom stereocenters. The first kappa shape index (κ1) is 14.8. The van der Waals surface area contributed by atoms with Gasteiger partial charge in [-0.2, -0.15) is 0 Å². The van der Waals surface area contributed by atoms with E-state index in [-0.39, 0.29) is 11.8 Å². The van der Waals surface area contributed by atoms with Gasteiger partial charge in [0.1, 0.15) is 12.1 Å². The quantitative estimate of drug-likeness (QED) is 0.839. The first-order chi connectivity index (χ1) is 11.3. The van der Waals surface area contributed by atoms with E-state index in [0.717, 1.165) is 55.1 Å². The molecule has 0 radical (unpaired) electrons. The van der Waals surface area contributed by atoms with Crippen LogP contribution in [0.5, 0.6) is 0 Å². The van der Waals surface area contributed by atoms with Crippen LogP contribution < -0.4 is 4.90 Å². The number of hydrogen-bond donors (Lipinski definition) is 0. The van der Waals surface area contributed by atoms with Gasteiger partial charge in [-0.1, -0.05) is 0 Å². The van der Waals surface area contributed by atoms with Crippen molar-refractivity contribution in [1.82, 2.24) is 14.9 Å². The maximum absolute atomic E-state index is 12.8. The monoisotopic (exact) mass is 332 g/mol. The van der Waals surface area contributed by atoms with Crippen LogP contribution in [0.2, 0.25) is 0 Å². The van der Waals surface area contributed by atoms with Gasteiger partial charge >= 0.3 is 0 Å². The second kappa shape index (κ2) is 6.41. The Balaban J connectivity index is 1.52. The summed E-state index contributed by atoms with van der Waals surface area (Å²) in [6.07, 6.45) is 3.61. The van der Waals surface area contributed by atoms with Gasteiger partial charge in [-0.05, 0) is 24.3 Å². The van der Waals surface area contributed by atoms with Crippen molar-refractivity contribution in [3.8, 4) is 0 Å². The topological polar surface area (TPSA) is 58.6 Å². The summed E-state index contributed by atoms with van der Waals surface area (Å²) in [6.45, 7) is 4.46. The molecular formula is C16H20N4O2S. The third-order valence-corrected chi connectivity index (χ3v) is 5.52. The molecule has 2 saturated heterocycles. The highest BCUT2D eigenvalue weighted by atomic mass is 32.1. The molecule has 0 unspecified atom stereocenters. The van der Waals surface area contributed by atoms with Crippen molar-refractivity contribution in [2.24, 2.45) is 5.92 Å². The van der Waals surface area contributed by atoms with E-state index in [1.54, 1.807) is 17.7 Å². The van der Waals surface area contributed by atoms with Crippen LogP contribution in [0.1, 0.15) is 12.8 Å². The Bertz CT molecular complexity index is 698. The number of morpholine rings is 1. The van der Waals surface area contributed by atoms with Crippen LogP contribution in [0, 0.1) is 5.92 Å². The Morgan fingerprint density at radius 1 is 1.26 bits per heavy atom. The van der Waals surface area contributed by atoms with Crippen LogP contribution in [0.3, 0.4) is 0 Å². The second-order valence-electron chi connectivity index (χ2n) is 6.06. The van der Waals surface area contributed by atoms with E-state index >= 15 is 0 Å². The number of fused-ring (bicyclic) bond motifs is 1. The van der Waals surface area contributed by atoms with E-state index in [1.807, 2.05) is 16.3 Å². The fraction of sp³-hybridized carbons (Fsp3) is 0.562. The Kier molecular flexibility index (Phi) is 4.13. The fourth-order valence-corrected chi connectivity index (χ4v) is 4.28. The van der Waals surface area contributed by atoms with Gasteiger partial charge in [-0.15, -0.1) is 11.3 Å². The molecule has 2 fully saturated rings. The number of piperidine rings is 1. The molecule has 1 amide bonds. The number of anilines is 1. The SMILES string of the molecule is O=C([C@H]1CCCN(c2ncnc3ccsc23)C1)N1CCOCC1. The summed E-state index contributed by atoms with van der Waals surface area (Å²) in [6, 6.07) is 2.02. The van der Waals surface area contributed by atoms with Gasteiger partial charge in [-0.3, -0.25) is 4.79 Å². The lowest BCUT2D eigenvalue weighted by molar-refractivity contribution is -0.139. The number of ether oxygens (including phenoxy) is 1. The molecule has 6 nitrogen and oxygen atoms in total. The predicted molar refractivity (Wildman–Crippen MR) is 89.8 cm³/mol. The first-order valence-electron chi connectivity index (χ1n) is 8.12. The molecule has 2 aliphatic heterocycles. The maximum Gasteiger partial charge on any atom is 0.227 e. The number of thiophene rings is 1. The number of amides is 1. The molecule has 4 heterocycles. The summed E-state index contributed by atoms with van der Waals surface area (Å²) in [5, 5.41) is 2.04. The number of carbonyl (C=O) groups is 1. The van der Waals surface area contributed by atoms with Crippen molar-refractivity contribution in [3.05, 3.63) is 17.8 Å². The summed E-state index contributed by atoms with van der Waals surface area (Å²) >= 11 is 1.67. The standard InChI is InChI=1S/C16H20N4O2S/c21-16(19-5-7-22-8-6-19)12-2-1-4-20(10-12)15-14-13(3-9-23-14)17-11-18-15/h3,9,11-12H,1-2,4-8,10H2/t12-/m0/s1. The van der Waals surface area contributed by atoms with Crippen molar-refractivity contribution in [3.63, 3.8) is 0 Å².